The van der Waals surface area contributed by atoms with E-state index in [1.165, 1.54) is 19.3 Å². The van der Waals surface area contributed by atoms with E-state index in [0.717, 1.165) is 38.4 Å². The van der Waals surface area contributed by atoms with E-state index in [1.54, 1.807) is 6.33 Å². The summed E-state index contributed by atoms with van der Waals surface area (Å²) in [6.45, 7) is 10.9. The Hall–Kier alpha value is -0.940. The summed E-state index contributed by atoms with van der Waals surface area (Å²) in [4.78, 5) is 7.02. The lowest BCUT2D eigenvalue weighted by Crippen LogP contribution is -2.40. The topological polar surface area (TPSA) is 46.0 Å². The van der Waals surface area contributed by atoms with E-state index in [-0.39, 0.29) is 0 Å². The highest BCUT2D eigenvalue weighted by atomic mass is 15.4. The molecule has 0 saturated carbocycles. The standard InChI is InChI=1S/C15H29N5/c1-4-6-14-10-19(13(3)7-8-16-14)11-15-17-12-18-20(15)9-5-2/h12-14,16H,4-11H2,1-3H3. The second-order valence-electron chi connectivity index (χ2n) is 5.91. The van der Waals surface area contributed by atoms with E-state index in [4.69, 9.17) is 0 Å². The summed E-state index contributed by atoms with van der Waals surface area (Å²) < 4.78 is 2.06. The van der Waals surface area contributed by atoms with Crippen LogP contribution in [0.2, 0.25) is 0 Å². The van der Waals surface area contributed by atoms with Crippen LogP contribution < -0.4 is 5.32 Å². The van der Waals surface area contributed by atoms with Crippen molar-refractivity contribution >= 4 is 0 Å². The van der Waals surface area contributed by atoms with Crippen LogP contribution in [-0.4, -0.2) is 44.8 Å². The van der Waals surface area contributed by atoms with Crippen LogP contribution in [0.25, 0.3) is 0 Å². The molecule has 2 heterocycles. The van der Waals surface area contributed by atoms with Gasteiger partial charge in [0.15, 0.2) is 0 Å². The number of aromatic nitrogens is 3. The first-order valence-electron chi connectivity index (χ1n) is 8.08. The van der Waals surface area contributed by atoms with Gasteiger partial charge in [0, 0.05) is 25.2 Å². The maximum Gasteiger partial charge on any atom is 0.141 e. The minimum absolute atomic E-state index is 0.608. The minimum Gasteiger partial charge on any atom is -0.313 e. The van der Waals surface area contributed by atoms with Crippen LogP contribution in [0.1, 0.15) is 52.3 Å². The van der Waals surface area contributed by atoms with E-state index >= 15 is 0 Å². The smallest absolute Gasteiger partial charge is 0.141 e. The van der Waals surface area contributed by atoms with Gasteiger partial charge in [0.05, 0.1) is 6.54 Å². The lowest BCUT2D eigenvalue weighted by molar-refractivity contribution is 0.185. The highest BCUT2D eigenvalue weighted by molar-refractivity contribution is 4.89. The van der Waals surface area contributed by atoms with Crippen molar-refractivity contribution in [2.24, 2.45) is 0 Å². The van der Waals surface area contributed by atoms with Gasteiger partial charge < -0.3 is 5.32 Å². The van der Waals surface area contributed by atoms with Crippen LogP contribution in [0.15, 0.2) is 6.33 Å². The molecule has 1 saturated heterocycles. The van der Waals surface area contributed by atoms with Gasteiger partial charge in [0.25, 0.3) is 0 Å². The molecule has 5 nitrogen and oxygen atoms in total. The van der Waals surface area contributed by atoms with E-state index in [1.807, 2.05) is 0 Å². The third-order valence-electron chi connectivity index (χ3n) is 4.19. The second-order valence-corrected chi connectivity index (χ2v) is 5.91. The molecule has 5 heteroatoms. The number of rotatable bonds is 6. The molecule has 1 fully saturated rings. The van der Waals surface area contributed by atoms with Gasteiger partial charge in [0.2, 0.25) is 0 Å². The van der Waals surface area contributed by atoms with Crippen LogP contribution in [0.5, 0.6) is 0 Å². The third-order valence-corrected chi connectivity index (χ3v) is 4.19. The normalized spacial score (nSPS) is 24.8. The Balaban J connectivity index is 2.02. The van der Waals surface area contributed by atoms with Crippen molar-refractivity contribution in [3.8, 4) is 0 Å². The number of nitrogens with one attached hydrogen (secondary N) is 1. The zero-order valence-electron chi connectivity index (χ0n) is 13.2. The van der Waals surface area contributed by atoms with Gasteiger partial charge in [-0.15, -0.1) is 0 Å². The molecule has 0 aromatic carbocycles. The number of hydrogen-bond donors (Lipinski definition) is 1. The molecule has 1 aromatic rings. The summed E-state index contributed by atoms with van der Waals surface area (Å²) in [6, 6.07) is 1.23. The summed E-state index contributed by atoms with van der Waals surface area (Å²) >= 11 is 0. The van der Waals surface area contributed by atoms with E-state index in [9.17, 15) is 0 Å². The van der Waals surface area contributed by atoms with Crippen molar-refractivity contribution in [2.75, 3.05) is 13.1 Å². The van der Waals surface area contributed by atoms with Crippen LogP contribution in [0.3, 0.4) is 0 Å². The summed E-state index contributed by atoms with van der Waals surface area (Å²) in [6.07, 6.45) is 6.50. The quantitative estimate of drug-likeness (QED) is 0.865. The molecule has 0 bridgehead atoms. The van der Waals surface area contributed by atoms with Crippen molar-refractivity contribution in [3.05, 3.63) is 12.2 Å². The van der Waals surface area contributed by atoms with Gasteiger partial charge in [-0.05, 0) is 32.7 Å². The van der Waals surface area contributed by atoms with Crippen molar-refractivity contribution < 1.29 is 0 Å². The monoisotopic (exact) mass is 279 g/mol. The number of aryl methyl sites for hydroxylation is 1. The Bertz CT molecular complexity index is 389. The average molecular weight is 279 g/mol. The van der Waals surface area contributed by atoms with Crippen LogP contribution in [0, 0.1) is 0 Å². The molecule has 0 amide bonds. The molecule has 1 aliphatic rings. The van der Waals surface area contributed by atoms with Gasteiger partial charge in [-0.25, -0.2) is 9.67 Å². The van der Waals surface area contributed by atoms with Crippen molar-refractivity contribution in [2.45, 2.75) is 71.6 Å². The van der Waals surface area contributed by atoms with Gasteiger partial charge in [-0.3, -0.25) is 4.90 Å². The molecule has 2 atom stereocenters. The number of nitrogens with zero attached hydrogens (tertiary/aromatic N) is 4. The van der Waals surface area contributed by atoms with E-state index < -0.39 is 0 Å². The summed E-state index contributed by atoms with van der Waals surface area (Å²) in [5.74, 6) is 1.11. The fourth-order valence-electron chi connectivity index (χ4n) is 2.96. The van der Waals surface area contributed by atoms with Crippen LogP contribution in [0.4, 0.5) is 0 Å². The largest absolute Gasteiger partial charge is 0.313 e. The molecule has 1 aliphatic heterocycles. The maximum absolute atomic E-state index is 4.45. The Morgan fingerprint density at radius 2 is 2.20 bits per heavy atom. The summed E-state index contributed by atoms with van der Waals surface area (Å²) in [5, 5.41) is 8.02. The molecular formula is C15H29N5. The molecule has 1 N–H and O–H groups in total. The highest BCUT2D eigenvalue weighted by Crippen LogP contribution is 2.14. The Morgan fingerprint density at radius 1 is 1.35 bits per heavy atom. The molecule has 2 rings (SSSR count). The first-order valence-corrected chi connectivity index (χ1v) is 8.08. The van der Waals surface area contributed by atoms with Crippen LogP contribution >= 0.6 is 0 Å². The summed E-state index contributed by atoms with van der Waals surface area (Å²) in [5.41, 5.74) is 0. The maximum atomic E-state index is 4.45. The SMILES string of the molecule is CCCC1CN(Cc2ncnn2CCC)C(C)CCN1. The molecule has 0 spiro atoms. The predicted octanol–water partition coefficient (Wildman–Crippen LogP) is 2.04. The van der Waals surface area contributed by atoms with E-state index in [0.29, 0.717) is 12.1 Å². The van der Waals surface area contributed by atoms with E-state index in [2.05, 4.69) is 45.8 Å². The first kappa shape index (κ1) is 15.4. The molecular weight excluding hydrogens is 250 g/mol. The fraction of sp³-hybridized carbons (Fsp3) is 0.867. The van der Waals surface area contributed by atoms with Crippen molar-refractivity contribution in [3.63, 3.8) is 0 Å². The Labute approximate surface area is 122 Å². The predicted molar refractivity (Wildman–Crippen MR) is 81.5 cm³/mol. The van der Waals surface area contributed by atoms with Gasteiger partial charge in [-0.2, -0.15) is 5.10 Å². The fourth-order valence-corrected chi connectivity index (χ4v) is 2.96. The molecule has 0 aliphatic carbocycles. The molecule has 1 aromatic heterocycles. The van der Waals surface area contributed by atoms with Gasteiger partial charge >= 0.3 is 0 Å². The Kier molecular flexibility index (Phi) is 5.98. The second kappa shape index (κ2) is 7.74. The molecule has 0 radical (unpaired) electrons. The van der Waals surface area contributed by atoms with Gasteiger partial charge in [-0.1, -0.05) is 20.3 Å². The summed E-state index contributed by atoms with van der Waals surface area (Å²) in [7, 11) is 0. The highest BCUT2D eigenvalue weighted by Gasteiger charge is 2.23. The average Bonchev–Trinajstić information content (AvgIpc) is 2.78. The van der Waals surface area contributed by atoms with Crippen molar-refractivity contribution in [1.82, 2.24) is 25.0 Å². The van der Waals surface area contributed by atoms with Crippen LogP contribution in [-0.2, 0) is 13.1 Å². The zero-order valence-corrected chi connectivity index (χ0v) is 13.2. The zero-order chi connectivity index (χ0) is 14.4. The molecule has 2 unspecified atom stereocenters. The third kappa shape index (κ3) is 4.03. The van der Waals surface area contributed by atoms with Gasteiger partial charge in [0.1, 0.15) is 12.2 Å². The molecule has 114 valence electrons. The van der Waals surface area contributed by atoms with Crippen molar-refractivity contribution in [1.29, 1.82) is 0 Å². The number of hydrogen-bond acceptors (Lipinski definition) is 4. The molecule has 20 heavy (non-hydrogen) atoms. The first-order chi connectivity index (χ1) is 9.74. The lowest BCUT2D eigenvalue weighted by Gasteiger charge is -2.28. The minimum atomic E-state index is 0.608. The Morgan fingerprint density at radius 3 is 2.95 bits per heavy atom. The lowest BCUT2D eigenvalue weighted by atomic mass is 10.1.